The Hall–Kier alpha value is -2.72. The molecule has 0 aliphatic carbocycles. The van der Waals surface area contributed by atoms with E-state index in [9.17, 15) is 26.3 Å². The molecule has 0 unspecified atom stereocenters. The van der Waals surface area contributed by atoms with Crippen LogP contribution in [0, 0.1) is 0 Å². The highest BCUT2D eigenvalue weighted by Gasteiger charge is 2.38. The third kappa shape index (κ3) is 5.64. The van der Waals surface area contributed by atoms with E-state index in [2.05, 4.69) is 14.7 Å². The second kappa shape index (κ2) is 8.11. The van der Waals surface area contributed by atoms with Crippen molar-refractivity contribution in [3.05, 3.63) is 36.0 Å². The molecule has 28 heavy (non-hydrogen) atoms. The van der Waals surface area contributed by atoms with Crippen molar-refractivity contribution in [3.8, 4) is 11.6 Å². The number of alkyl halides is 6. The van der Waals surface area contributed by atoms with Crippen molar-refractivity contribution in [2.75, 3.05) is 18.6 Å². The van der Waals surface area contributed by atoms with Gasteiger partial charge in [-0.25, -0.2) is 4.98 Å². The fourth-order valence-corrected chi connectivity index (χ4v) is 2.17. The largest absolute Gasteiger partial charge is 0.489 e. The lowest BCUT2D eigenvalue weighted by Crippen LogP contribution is -2.23. The van der Waals surface area contributed by atoms with Gasteiger partial charge in [-0.3, -0.25) is 0 Å². The maximum atomic E-state index is 13.1. The molecule has 0 atom stereocenters. The SMILES string of the molecule is CC(C)Oc1ccccc1N(C)c1ncc(C(F)(F)F)c(OCC(F)(F)F)n1. The summed E-state index contributed by atoms with van der Waals surface area (Å²) in [5.74, 6) is -1.09. The number of nitrogens with zero attached hydrogens (tertiary/aromatic N) is 3. The van der Waals surface area contributed by atoms with Crippen LogP contribution < -0.4 is 14.4 Å². The van der Waals surface area contributed by atoms with Crippen LogP contribution in [-0.4, -0.2) is 35.9 Å². The quantitative estimate of drug-likeness (QED) is 0.629. The number of hydrogen-bond donors (Lipinski definition) is 0. The van der Waals surface area contributed by atoms with E-state index < -0.39 is 30.4 Å². The van der Waals surface area contributed by atoms with Crippen LogP contribution in [0.1, 0.15) is 19.4 Å². The minimum absolute atomic E-state index is 0.186. The number of anilines is 2. The number of aromatic nitrogens is 2. The van der Waals surface area contributed by atoms with Crippen molar-refractivity contribution < 1.29 is 35.8 Å². The van der Waals surface area contributed by atoms with E-state index in [1.165, 1.54) is 11.9 Å². The molecular weight excluding hydrogens is 392 g/mol. The van der Waals surface area contributed by atoms with E-state index in [4.69, 9.17) is 4.74 Å². The number of hydrogen-bond acceptors (Lipinski definition) is 5. The normalized spacial score (nSPS) is 12.2. The Labute approximate surface area is 156 Å². The second-order valence-corrected chi connectivity index (χ2v) is 5.98. The van der Waals surface area contributed by atoms with Gasteiger partial charge in [0.1, 0.15) is 11.3 Å². The maximum absolute atomic E-state index is 13.1. The van der Waals surface area contributed by atoms with Crippen molar-refractivity contribution in [2.45, 2.75) is 32.3 Å². The zero-order valence-electron chi connectivity index (χ0n) is 15.1. The molecule has 0 radical (unpaired) electrons. The number of para-hydroxylation sites is 2. The summed E-state index contributed by atoms with van der Waals surface area (Å²) in [6, 6.07) is 6.59. The average Bonchev–Trinajstić information content (AvgIpc) is 2.57. The second-order valence-electron chi connectivity index (χ2n) is 5.98. The smallest absolute Gasteiger partial charge is 0.423 e. The third-order valence-corrected chi connectivity index (χ3v) is 3.31. The summed E-state index contributed by atoms with van der Waals surface area (Å²) in [6.45, 7) is 1.66. The zero-order chi connectivity index (χ0) is 21.1. The summed E-state index contributed by atoms with van der Waals surface area (Å²) in [7, 11) is 1.44. The molecule has 1 heterocycles. The number of rotatable bonds is 6. The third-order valence-electron chi connectivity index (χ3n) is 3.31. The Morgan fingerprint density at radius 1 is 1.07 bits per heavy atom. The predicted molar refractivity (Wildman–Crippen MR) is 88.9 cm³/mol. The fourth-order valence-electron chi connectivity index (χ4n) is 2.17. The Kier molecular flexibility index (Phi) is 6.25. The fraction of sp³-hybridized carbons (Fsp3) is 0.412. The molecule has 0 saturated heterocycles. The van der Waals surface area contributed by atoms with E-state index in [-0.39, 0.29) is 12.1 Å². The van der Waals surface area contributed by atoms with Crippen molar-refractivity contribution in [2.24, 2.45) is 0 Å². The maximum Gasteiger partial charge on any atom is 0.423 e. The lowest BCUT2D eigenvalue weighted by molar-refractivity contribution is -0.159. The van der Waals surface area contributed by atoms with E-state index in [0.717, 1.165) is 0 Å². The monoisotopic (exact) mass is 409 g/mol. The minimum atomic E-state index is -4.98. The van der Waals surface area contributed by atoms with Crippen molar-refractivity contribution in [1.29, 1.82) is 0 Å². The van der Waals surface area contributed by atoms with Crippen LogP contribution >= 0.6 is 0 Å². The molecule has 0 saturated carbocycles. The van der Waals surface area contributed by atoms with E-state index in [1.54, 1.807) is 38.1 Å². The Balaban J connectivity index is 2.43. The van der Waals surface area contributed by atoms with Gasteiger partial charge in [-0.1, -0.05) is 12.1 Å². The molecule has 0 bridgehead atoms. The first-order chi connectivity index (χ1) is 12.9. The van der Waals surface area contributed by atoms with Gasteiger partial charge in [0.15, 0.2) is 6.61 Å². The van der Waals surface area contributed by atoms with Gasteiger partial charge in [0.2, 0.25) is 11.8 Å². The predicted octanol–water partition coefficient (Wildman–Crippen LogP) is 4.99. The highest BCUT2D eigenvalue weighted by molar-refractivity contribution is 5.65. The van der Waals surface area contributed by atoms with Crippen molar-refractivity contribution in [1.82, 2.24) is 9.97 Å². The molecule has 2 aromatic rings. The first-order valence-electron chi connectivity index (χ1n) is 8.01. The minimum Gasteiger partial charge on any atom is -0.489 e. The van der Waals surface area contributed by atoms with Crippen LogP contribution in [0.15, 0.2) is 30.5 Å². The molecule has 5 nitrogen and oxygen atoms in total. The highest BCUT2D eigenvalue weighted by Crippen LogP contribution is 2.38. The van der Waals surface area contributed by atoms with Gasteiger partial charge in [0.25, 0.3) is 0 Å². The van der Waals surface area contributed by atoms with Crippen LogP contribution in [-0.2, 0) is 6.18 Å². The molecule has 1 aromatic heterocycles. The first-order valence-corrected chi connectivity index (χ1v) is 8.01. The van der Waals surface area contributed by atoms with Gasteiger partial charge in [-0.2, -0.15) is 31.3 Å². The van der Waals surface area contributed by atoms with Gasteiger partial charge in [0.05, 0.1) is 11.8 Å². The molecule has 0 aliphatic rings. The number of halogens is 6. The standard InChI is InChI=1S/C17H17F6N3O2/c1-10(2)28-13-7-5-4-6-12(13)26(3)15-24-8-11(17(21,22)23)14(25-15)27-9-16(18,19)20/h4-8,10H,9H2,1-3H3. The zero-order valence-corrected chi connectivity index (χ0v) is 15.1. The Morgan fingerprint density at radius 2 is 1.71 bits per heavy atom. The van der Waals surface area contributed by atoms with E-state index in [1.807, 2.05) is 0 Å². The van der Waals surface area contributed by atoms with E-state index in [0.29, 0.717) is 17.6 Å². The van der Waals surface area contributed by atoms with Crippen LogP contribution in [0.3, 0.4) is 0 Å². The number of benzene rings is 1. The van der Waals surface area contributed by atoms with Crippen LogP contribution in [0.2, 0.25) is 0 Å². The molecule has 0 fully saturated rings. The molecular formula is C17H17F6N3O2. The Bertz CT molecular complexity index is 808. The first kappa shape index (κ1) is 21.6. The van der Waals surface area contributed by atoms with E-state index >= 15 is 0 Å². The highest BCUT2D eigenvalue weighted by atomic mass is 19.4. The summed E-state index contributed by atoms with van der Waals surface area (Å²) >= 11 is 0. The average molecular weight is 409 g/mol. The molecule has 1 aromatic carbocycles. The molecule has 0 amide bonds. The van der Waals surface area contributed by atoms with Gasteiger partial charge in [0, 0.05) is 13.2 Å². The van der Waals surface area contributed by atoms with Crippen LogP contribution in [0.25, 0.3) is 0 Å². The molecule has 154 valence electrons. The summed E-state index contributed by atoms with van der Waals surface area (Å²) in [5.41, 5.74) is -1.08. The summed E-state index contributed by atoms with van der Waals surface area (Å²) in [5, 5.41) is 0. The van der Waals surface area contributed by atoms with Gasteiger partial charge < -0.3 is 14.4 Å². The molecule has 0 aliphatic heterocycles. The summed E-state index contributed by atoms with van der Waals surface area (Å²) < 4.78 is 86.3. The lowest BCUT2D eigenvalue weighted by atomic mass is 10.2. The molecule has 0 spiro atoms. The van der Waals surface area contributed by atoms with Crippen LogP contribution in [0.5, 0.6) is 11.6 Å². The topological polar surface area (TPSA) is 47.5 Å². The van der Waals surface area contributed by atoms with Crippen molar-refractivity contribution >= 4 is 11.6 Å². The van der Waals surface area contributed by atoms with Crippen LogP contribution in [0.4, 0.5) is 38.0 Å². The molecule has 0 N–H and O–H groups in total. The molecule has 2 rings (SSSR count). The summed E-state index contributed by atoms with van der Waals surface area (Å²) in [6.07, 6.45) is -9.60. The van der Waals surface area contributed by atoms with Crippen molar-refractivity contribution in [3.63, 3.8) is 0 Å². The number of ether oxygens (including phenoxy) is 2. The van der Waals surface area contributed by atoms with Gasteiger partial charge >= 0.3 is 12.4 Å². The Morgan fingerprint density at radius 3 is 2.29 bits per heavy atom. The summed E-state index contributed by atoms with van der Waals surface area (Å²) in [4.78, 5) is 8.47. The molecule has 11 heteroatoms. The van der Waals surface area contributed by atoms with Gasteiger partial charge in [-0.05, 0) is 26.0 Å². The lowest BCUT2D eigenvalue weighted by Gasteiger charge is -2.23. The van der Waals surface area contributed by atoms with Gasteiger partial charge in [-0.15, -0.1) is 0 Å².